The molecule has 0 radical (unpaired) electrons. The van der Waals surface area contributed by atoms with E-state index in [4.69, 9.17) is 0 Å². The van der Waals surface area contributed by atoms with Gasteiger partial charge in [-0.15, -0.1) is 0 Å². The Morgan fingerprint density at radius 2 is 1.89 bits per heavy atom. The molecule has 0 aromatic carbocycles. The molecule has 3 nitrogen and oxygen atoms in total. The zero-order chi connectivity index (χ0) is 6.57. The monoisotopic (exact) mass is 162 g/mol. The molecule has 0 fully saturated rings. The predicted molar refractivity (Wildman–Crippen MR) is 38.3 cm³/mol. The van der Waals surface area contributed by atoms with Crippen LogP contribution in [0, 0.1) is 5.92 Å². The first-order chi connectivity index (χ1) is 3.63. The first-order valence-electron chi connectivity index (χ1n) is 2.40. The molecule has 0 aromatic rings. The quantitative estimate of drug-likeness (QED) is 0.451. The Morgan fingerprint density at radius 1 is 1.44 bits per heavy atom. The SMILES string of the molecule is CC(C)CO[SH](=O)=O.[NaH]. The van der Waals surface area contributed by atoms with E-state index in [9.17, 15) is 8.42 Å². The van der Waals surface area contributed by atoms with Crippen molar-refractivity contribution in [3.8, 4) is 0 Å². The van der Waals surface area contributed by atoms with Crippen LogP contribution in [0.2, 0.25) is 0 Å². The minimum absolute atomic E-state index is 0. The van der Waals surface area contributed by atoms with Crippen LogP contribution in [-0.4, -0.2) is 44.6 Å². The van der Waals surface area contributed by atoms with Crippen LogP contribution >= 0.6 is 0 Å². The van der Waals surface area contributed by atoms with E-state index in [0.29, 0.717) is 6.61 Å². The molecule has 0 bridgehead atoms. The van der Waals surface area contributed by atoms with Crippen molar-refractivity contribution in [2.24, 2.45) is 5.92 Å². The Labute approximate surface area is 79.2 Å². The Morgan fingerprint density at radius 3 is 2.00 bits per heavy atom. The second kappa shape index (κ2) is 7.02. The molecule has 0 spiro atoms. The van der Waals surface area contributed by atoms with Crippen LogP contribution in [0.4, 0.5) is 0 Å². The summed E-state index contributed by atoms with van der Waals surface area (Å²) in [6.07, 6.45) is 0. The summed E-state index contributed by atoms with van der Waals surface area (Å²) >= 11 is 0. The molecule has 0 unspecified atom stereocenters. The van der Waals surface area contributed by atoms with Crippen LogP contribution in [0.1, 0.15) is 13.8 Å². The molecule has 52 valence electrons. The maximum absolute atomic E-state index is 9.72. The van der Waals surface area contributed by atoms with Gasteiger partial charge in [0.25, 0.3) is 11.0 Å². The van der Waals surface area contributed by atoms with Gasteiger partial charge in [-0.25, -0.2) is 8.42 Å². The molecule has 0 N–H and O–H groups in total. The van der Waals surface area contributed by atoms with E-state index in [1.165, 1.54) is 0 Å². The van der Waals surface area contributed by atoms with E-state index in [2.05, 4.69) is 4.18 Å². The second-order valence-corrected chi connectivity index (χ2v) is 2.62. The molecule has 0 saturated carbocycles. The summed E-state index contributed by atoms with van der Waals surface area (Å²) in [5.41, 5.74) is 0. The summed E-state index contributed by atoms with van der Waals surface area (Å²) in [7, 11) is -2.63. The van der Waals surface area contributed by atoms with Gasteiger partial charge in [0, 0.05) is 0 Å². The molecule has 0 aliphatic carbocycles. The minimum atomic E-state index is -2.63. The fourth-order valence-corrected chi connectivity index (χ4v) is 0.630. The van der Waals surface area contributed by atoms with E-state index in [1.807, 2.05) is 13.8 Å². The number of hydrogen-bond donors (Lipinski definition) is 1. The van der Waals surface area contributed by atoms with Gasteiger partial charge in [-0.3, -0.25) is 4.18 Å². The van der Waals surface area contributed by atoms with Gasteiger partial charge in [-0.2, -0.15) is 0 Å². The van der Waals surface area contributed by atoms with E-state index >= 15 is 0 Å². The first-order valence-corrected chi connectivity index (χ1v) is 3.49. The van der Waals surface area contributed by atoms with Crippen molar-refractivity contribution in [2.45, 2.75) is 13.8 Å². The summed E-state index contributed by atoms with van der Waals surface area (Å²) in [4.78, 5) is 0. The van der Waals surface area contributed by atoms with E-state index in [1.54, 1.807) is 0 Å². The Hall–Kier alpha value is 0.910. The average molecular weight is 162 g/mol. The van der Waals surface area contributed by atoms with Crippen LogP contribution < -0.4 is 0 Å². The number of hydrogen-bond acceptors (Lipinski definition) is 3. The summed E-state index contributed by atoms with van der Waals surface area (Å²) in [6.45, 7) is 4.07. The van der Waals surface area contributed by atoms with Crippen molar-refractivity contribution in [1.29, 1.82) is 0 Å². The topological polar surface area (TPSA) is 43.4 Å². The van der Waals surface area contributed by atoms with Crippen molar-refractivity contribution in [2.75, 3.05) is 6.61 Å². The average Bonchev–Trinajstić information content (AvgIpc) is 1.61. The van der Waals surface area contributed by atoms with Gasteiger partial charge in [-0.05, 0) is 5.92 Å². The van der Waals surface area contributed by atoms with Crippen molar-refractivity contribution in [3.05, 3.63) is 0 Å². The summed E-state index contributed by atoms with van der Waals surface area (Å²) in [5, 5.41) is 0. The zero-order valence-electron chi connectivity index (χ0n) is 4.96. The van der Waals surface area contributed by atoms with Gasteiger partial charge >= 0.3 is 29.6 Å². The van der Waals surface area contributed by atoms with Crippen molar-refractivity contribution in [1.82, 2.24) is 0 Å². The summed E-state index contributed by atoms with van der Waals surface area (Å²) < 4.78 is 23.7. The third-order valence-corrected chi connectivity index (χ3v) is 0.873. The number of rotatable bonds is 3. The van der Waals surface area contributed by atoms with Crippen molar-refractivity contribution < 1.29 is 12.6 Å². The molecule has 5 heteroatoms. The molecule has 0 saturated heterocycles. The fourth-order valence-electron chi connectivity index (χ4n) is 0.210. The number of thiol groups is 1. The predicted octanol–water partition coefficient (Wildman–Crippen LogP) is -0.463. The molecule has 0 aliphatic heterocycles. The van der Waals surface area contributed by atoms with E-state index in [0.717, 1.165) is 0 Å². The van der Waals surface area contributed by atoms with Crippen LogP contribution in [-0.2, 0) is 15.2 Å². The molecule has 0 atom stereocenters. The van der Waals surface area contributed by atoms with Crippen LogP contribution in [0.3, 0.4) is 0 Å². The molecular weight excluding hydrogens is 151 g/mol. The van der Waals surface area contributed by atoms with Gasteiger partial charge in [-0.1, -0.05) is 13.8 Å². The Kier molecular flexibility index (Phi) is 9.81. The van der Waals surface area contributed by atoms with E-state index < -0.39 is 11.0 Å². The van der Waals surface area contributed by atoms with Gasteiger partial charge in [0.15, 0.2) is 0 Å². The van der Waals surface area contributed by atoms with Crippen LogP contribution in [0.15, 0.2) is 0 Å². The van der Waals surface area contributed by atoms with Gasteiger partial charge in [0.2, 0.25) is 0 Å². The third kappa shape index (κ3) is 12.2. The second-order valence-electron chi connectivity index (χ2n) is 1.91. The molecule has 0 aromatic heterocycles. The summed E-state index contributed by atoms with van der Waals surface area (Å²) in [6, 6.07) is 0. The third-order valence-electron chi connectivity index (χ3n) is 0.513. The van der Waals surface area contributed by atoms with Gasteiger partial charge in [0.05, 0.1) is 6.61 Å². The molecule has 0 aliphatic rings. The van der Waals surface area contributed by atoms with Crippen molar-refractivity contribution >= 4 is 40.5 Å². The Bertz CT molecular complexity index is 113. The molecule has 0 amide bonds. The summed E-state index contributed by atoms with van der Waals surface area (Å²) in [5.74, 6) is 0.280. The van der Waals surface area contributed by atoms with Crippen molar-refractivity contribution in [3.63, 3.8) is 0 Å². The van der Waals surface area contributed by atoms with Gasteiger partial charge < -0.3 is 0 Å². The van der Waals surface area contributed by atoms with Crippen LogP contribution in [0.5, 0.6) is 0 Å². The first kappa shape index (κ1) is 12.6. The van der Waals surface area contributed by atoms with Crippen LogP contribution in [0.25, 0.3) is 0 Å². The Balaban J connectivity index is 0. The maximum atomic E-state index is 9.72. The standard InChI is InChI=1S/C4H10O3S.Na.H/c1-4(2)3-7-8(5)6;;/h4,8H,3H2,1-2H3;;. The van der Waals surface area contributed by atoms with E-state index in [-0.39, 0.29) is 35.5 Å². The van der Waals surface area contributed by atoms with Gasteiger partial charge in [0.1, 0.15) is 0 Å². The molecule has 0 rings (SSSR count). The fraction of sp³-hybridized carbons (Fsp3) is 1.00. The molecule has 9 heavy (non-hydrogen) atoms. The molecule has 0 heterocycles. The normalized spacial score (nSPS) is 9.78. The zero-order valence-corrected chi connectivity index (χ0v) is 5.85. The molecular formula is C4H11NaO3S.